The topological polar surface area (TPSA) is 93.7 Å². The van der Waals surface area contributed by atoms with Gasteiger partial charge in [-0.05, 0) is 0 Å². The van der Waals surface area contributed by atoms with Crippen molar-refractivity contribution in [1.29, 1.82) is 0 Å². The molecule has 0 fully saturated rings. The number of aryl methyl sites for hydroxylation is 1. The predicted octanol–water partition coefficient (Wildman–Crippen LogP) is -0.837. The lowest BCUT2D eigenvalue weighted by Crippen LogP contribution is -2.45. The van der Waals surface area contributed by atoms with E-state index < -0.39 is 7.60 Å². The molecule has 1 atom stereocenters. The van der Waals surface area contributed by atoms with Gasteiger partial charge in [0.05, 0.1) is 0 Å². The van der Waals surface area contributed by atoms with E-state index in [1.807, 2.05) is 0 Å². The number of hydrogen-bond acceptors (Lipinski definition) is 5. The fourth-order valence-electron chi connectivity index (χ4n) is 1.17. The van der Waals surface area contributed by atoms with Crippen LogP contribution in [0.5, 0.6) is 0 Å². The summed E-state index contributed by atoms with van der Waals surface area (Å²) in [7, 11) is -2.61. The summed E-state index contributed by atoms with van der Waals surface area (Å²) in [5, 5.41) is 5.55. The molecule has 0 aromatic carbocycles. The summed E-state index contributed by atoms with van der Waals surface area (Å²) in [6.07, 6.45) is 0. The smallest absolute Gasteiger partial charge is 0.319 e. The molecule has 2 aromatic rings. The number of aromatic nitrogens is 3. The molecule has 2 rings (SSSR count). The van der Waals surface area contributed by atoms with E-state index in [2.05, 4.69) is 9.62 Å². The molecular formula is C6H10N4O3PS+. The molecule has 0 saturated carbocycles. The van der Waals surface area contributed by atoms with Crippen LogP contribution < -0.4 is 16.0 Å². The van der Waals surface area contributed by atoms with Gasteiger partial charge < -0.3 is 9.42 Å². The van der Waals surface area contributed by atoms with Gasteiger partial charge in [-0.25, -0.2) is 0 Å². The zero-order valence-electron chi connectivity index (χ0n) is 8.12. The Morgan fingerprint density at radius 1 is 1.80 bits per heavy atom. The monoisotopic (exact) mass is 249 g/mol. The summed E-state index contributed by atoms with van der Waals surface area (Å²) in [6.45, 7) is 1.71. The Bertz CT molecular complexity index is 562. The number of nitrogen functional groups attached to an aromatic ring is 1. The van der Waals surface area contributed by atoms with Crippen molar-refractivity contribution in [1.82, 2.24) is 9.61 Å². The summed E-state index contributed by atoms with van der Waals surface area (Å²) < 4.78 is 18.8. The third-order valence-corrected chi connectivity index (χ3v) is 4.49. The molecule has 0 amide bonds. The quantitative estimate of drug-likeness (QED) is 0.411. The Morgan fingerprint density at radius 2 is 2.47 bits per heavy atom. The lowest BCUT2D eigenvalue weighted by atomic mass is 10.7. The standard InChI is InChI=1S/C6H9N4O3PS/c1-4-8-10-5(14(11,12)13-2)3-15-6(10)9(4)7/h3H,7H2,1-2H3/p+1. The Morgan fingerprint density at radius 3 is 3.07 bits per heavy atom. The van der Waals surface area contributed by atoms with Crippen LogP contribution in [0.25, 0.3) is 4.96 Å². The van der Waals surface area contributed by atoms with Gasteiger partial charge in [0.1, 0.15) is 0 Å². The molecule has 0 radical (unpaired) electrons. The van der Waals surface area contributed by atoms with Crippen LogP contribution in [0, 0.1) is 6.92 Å². The molecule has 0 aliphatic carbocycles. The van der Waals surface area contributed by atoms with E-state index in [4.69, 9.17) is 5.84 Å². The molecule has 15 heavy (non-hydrogen) atoms. The maximum atomic E-state index is 11.6. The van der Waals surface area contributed by atoms with Gasteiger partial charge in [-0.1, -0.05) is 15.9 Å². The minimum Gasteiger partial charge on any atom is -0.319 e. The number of thiazole rings is 1. The van der Waals surface area contributed by atoms with Crippen LogP contribution in [-0.4, -0.2) is 21.6 Å². The highest BCUT2D eigenvalue weighted by molar-refractivity contribution is 7.61. The maximum absolute atomic E-state index is 11.6. The van der Waals surface area contributed by atoms with Gasteiger partial charge in [0.25, 0.3) is 5.82 Å². The van der Waals surface area contributed by atoms with E-state index in [0.29, 0.717) is 10.8 Å². The van der Waals surface area contributed by atoms with Crippen molar-refractivity contribution >= 4 is 29.3 Å². The second-order valence-electron chi connectivity index (χ2n) is 2.91. The first-order valence-electron chi connectivity index (χ1n) is 4.00. The lowest BCUT2D eigenvalue weighted by Gasteiger charge is -2.01. The molecule has 2 aromatic heterocycles. The molecule has 0 spiro atoms. The summed E-state index contributed by atoms with van der Waals surface area (Å²) in [6, 6.07) is 0. The number of nitrogens with zero attached hydrogens (tertiary/aromatic N) is 3. The Kier molecular flexibility index (Phi) is 2.31. The maximum Gasteiger partial charge on any atom is 0.394 e. The molecule has 7 nitrogen and oxygen atoms in total. The van der Waals surface area contributed by atoms with Crippen molar-refractivity contribution < 1.29 is 18.7 Å². The average molecular weight is 249 g/mol. The first-order chi connectivity index (χ1) is 6.97. The van der Waals surface area contributed by atoms with Gasteiger partial charge in [0.15, 0.2) is 0 Å². The highest BCUT2D eigenvalue weighted by Crippen LogP contribution is 2.39. The number of rotatable bonds is 2. The zero-order chi connectivity index (χ0) is 11.2. The second-order valence-corrected chi connectivity index (χ2v) is 5.61. The van der Waals surface area contributed by atoms with Gasteiger partial charge in [-0.15, -0.1) is 4.68 Å². The van der Waals surface area contributed by atoms with E-state index in [0.717, 1.165) is 0 Å². The van der Waals surface area contributed by atoms with Crippen LogP contribution in [0.4, 0.5) is 0 Å². The molecule has 0 aliphatic rings. The van der Waals surface area contributed by atoms with Crippen molar-refractivity contribution in [3.8, 4) is 0 Å². The van der Waals surface area contributed by atoms with Gasteiger partial charge >= 0.3 is 12.6 Å². The summed E-state index contributed by atoms with van der Waals surface area (Å²) in [5.41, 5.74) is 0.123. The van der Waals surface area contributed by atoms with E-state index >= 15 is 0 Å². The van der Waals surface area contributed by atoms with Crippen molar-refractivity contribution in [2.24, 2.45) is 0 Å². The molecule has 82 valence electrons. The minimum absolute atomic E-state index is 0.123. The summed E-state index contributed by atoms with van der Waals surface area (Å²) in [5.74, 6) is 6.22. The van der Waals surface area contributed by atoms with E-state index in [1.54, 1.807) is 6.92 Å². The molecule has 2 heterocycles. The zero-order valence-corrected chi connectivity index (χ0v) is 9.83. The largest absolute Gasteiger partial charge is 0.394 e. The lowest BCUT2D eigenvalue weighted by molar-refractivity contribution is -0.617. The van der Waals surface area contributed by atoms with Crippen LogP contribution in [0.1, 0.15) is 5.82 Å². The van der Waals surface area contributed by atoms with Crippen molar-refractivity contribution in [3.63, 3.8) is 0 Å². The first-order valence-corrected chi connectivity index (χ1v) is 6.46. The molecular weight excluding hydrogens is 239 g/mol. The van der Waals surface area contributed by atoms with E-state index in [-0.39, 0.29) is 5.44 Å². The Hall–Kier alpha value is -0.950. The summed E-state index contributed by atoms with van der Waals surface area (Å²) in [4.78, 5) is 10.1. The summed E-state index contributed by atoms with van der Waals surface area (Å²) >= 11 is 1.23. The normalized spacial score (nSPS) is 15.7. The second kappa shape index (κ2) is 3.28. The number of hydrogen-bond donors (Lipinski definition) is 2. The van der Waals surface area contributed by atoms with Gasteiger partial charge in [0, 0.05) is 24.5 Å². The van der Waals surface area contributed by atoms with Crippen LogP contribution in [0.15, 0.2) is 5.38 Å². The minimum atomic E-state index is -3.79. The highest BCUT2D eigenvalue weighted by Gasteiger charge is 2.33. The van der Waals surface area contributed by atoms with E-state index in [1.165, 1.54) is 33.0 Å². The van der Waals surface area contributed by atoms with Gasteiger partial charge in [-0.2, -0.15) is 0 Å². The van der Waals surface area contributed by atoms with Crippen LogP contribution in [0.2, 0.25) is 0 Å². The number of fused-ring (bicyclic) bond motifs is 1. The Balaban J connectivity index is 2.74. The fraction of sp³-hybridized carbons (Fsp3) is 0.333. The van der Waals surface area contributed by atoms with Crippen LogP contribution >= 0.6 is 18.9 Å². The van der Waals surface area contributed by atoms with Crippen molar-refractivity contribution in [2.75, 3.05) is 13.0 Å². The van der Waals surface area contributed by atoms with E-state index in [9.17, 15) is 9.46 Å². The SMILES string of the molecule is COP(=O)(O)c1csc2n1nc(C)[n+]2N. The predicted molar refractivity (Wildman–Crippen MR) is 54.6 cm³/mol. The molecule has 1 unspecified atom stereocenters. The van der Waals surface area contributed by atoms with Crippen molar-refractivity contribution in [2.45, 2.75) is 6.92 Å². The highest BCUT2D eigenvalue weighted by atomic mass is 32.1. The first kappa shape index (κ1) is 10.6. The molecule has 0 saturated heterocycles. The average Bonchev–Trinajstić information content (AvgIpc) is 2.70. The third-order valence-electron chi connectivity index (χ3n) is 2.00. The third kappa shape index (κ3) is 1.46. The van der Waals surface area contributed by atoms with Crippen molar-refractivity contribution in [3.05, 3.63) is 11.2 Å². The fourth-order valence-corrected chi connectivity index (χ4v) is 3.29. The van der Waals surface area contributed by atoms with Crippen LogP contribution in [0.3, 0.4) is 0 Å². The Labute approximate surface area is 89.2 Å². The van der Waals surface area contributed by atoms with Gasteiger partial charge in [-0.3, -0.25) is 10.4 Å². The molecule has 9 heteroatoms. The van der Waals surface area contributed by atoms with Gasteiger partial charge in [0.2, 0.25) is 5.44 Å². The number of nitrogens with two attached hydrogens (primary N) is 1. The molecule has 0 bridgehead atoms. The van der Waals surface area contributed by atoms with Crippen LogP contribution in [-0.2, 0) is 9.09 Å². The molecule has 0 aliphatic heterocycles. The molecule has 3 N–H and O–H groups in total.